The highest BCUT2D eigenvalue weighted by Crippen LogP contribution is 2.26. The third kappa shape index (κ3) is 3.82. The van der Waals surface area contributed by atoms with Crippen LogP contribution in [0.5, 0.6) is 0 Å². The van der Waals surface area contributed by atoms with Crippen molar-refractivity contribution < 1.29 is 9.52 Å². The van der Waals surface area contributed by atoms with Gasteiger partial charge in [0.15, 0.2) is 0 Å². The first kappa shape index (κ1) is 12.6. The van der Waals surface area contributed by atoms with Gasteiger partial charge < -0.3 is 14.8 Å². The Kier molecular flexibility index (Phi) is 4.18. The summed E-state index contributed by atoms with van der Waals surface area (Å²) in [7, 11) is 0. The van der Waals surface area contributed by atoms with E-state index in [2.05, 4.69) is 10.3 Å². The van der Waals surface area contributed by atoms with E-state index in [9.17, 15) is 5.11 Å². The van der Waals surface area contributed by atoms with Crippen LogP contribution in [0.4, 0.5) is 0 Å². The van der Waals surface area contributed by atoms with E-state index in [1.807, 2.05) is 6.92 Å². The summed E-state index contributed by atoms with van der Waals surface area (Å²) in [5.41, 5.74) is -0.530. The highest BCUT2D eigenvalue weighted by atomic mass is 16.4. The average molecular weight is 238 g/mol. The van der Waals surface area contributed by atoms with Gasteiger partial charge in [0.05, 0.1) is 18.3 Å². The van der Waals surface area contributed by atoms with Gasteiger partial charge in [0.1, 0.15) is 5.76 Å². The number of nitrogens with one attached hydrogen (secondary N) is 1. The molecule has 96 valence electrons. The van der Waals surface area contributed by atoms with Crippen LogP contribution in [0.3, 0.4) is 0 Å². The molecule has 0 aliphatic heterocycles. The zero-order valence-electron chi connectivity index (χ0n) is 10.5. The molecule has 0 saturated heterocycles. The van der Waals surface area contributed by atoms with Gasteiger partial charge in [0.25, 0.3) is 0 Å². The molecule has 0 spiro atoms. The van der Waals surface area contributed by atoms with Crippen LogP contribution in [0.1, 0.15) is 50.2 Å². The van der Waals surface area contributed by atoms with Crippen molar-refractivity contribution in [3.8, 4) is 0 Å². The van der Waals surface area contributed by atoms with Gasteiger partial charge in [-0.2, -0.15) is 0 Å². The largest absolute Gasteiger partial charge is 0.445 e. The first-order valence-electron chi connectivity index (χ1n) is 6.52. The quantitative estimate of drug-likeness (QED) is 0.789. The molecule has 0 atom stereocenters. The minimum Gasteiger partial charge on any atom is -0.445 e. The molecule has 4 heteroatoms. The van der Waals surface area contributed by atoms with Crippen molar-refractivity contribution in [2.24, 2.45) is 0 Å². The SMILES string of the molecule is Cc1cnc(CNCC2(O)CCCCCC2)o1. The molecule has 2 N–H and O–H groups in total. The predicted octanol–water partition coefficient (Wildman–Crippen LogP) is 2.16. The third-order valence-corrected chi connectivity index (χ3v) is 3.43. The van der Waals surface area contributed by atoms with E-state index >= 15 is 0 Å². The summed E-state index contributed by atoms with van der Waals surface area (Å²) in [6.45, 7) is 3.11. The zero-order valence-corrected chi connectivity index (χ0v) is 10.5. The van der Waals surface area contributed by atoms with Crippen molar-refractivity contribution in [2.75, 3.05) is 6.54 Å². The molecule has 17 heavy (non-hydrogen) atoms. The monoisotopic (exact) mass is 238 g/mol. The second-order valence-corrected chi connectivity index (χ2v) is 5.11. The van der Waals surface area contributed by atoms with E-state index < -0.39 is 5.60 Å². The predicted molar refractivity (Wildman–Crippen MR) is 65.6 cm³/mol. The van der Waals surface area contributed by atoms with Crippen LogP contribution in [0.25, 0.3) is 0 Å². The molecule has 1 heterocycles. The average Bonchev–Trinajstić information content (AvgIpc) is 2.58. The van der Waals surface area contributed by atoms with Gasteiger partial charge in [-0.1, -0.05) is 25.7 Å². The summed E-state index contributed by atoms with van der Waals surface area (Å²) >= 11 is 0. The van der Waals surface area contributed by atoms with Crippen molar-refractivity contribution in [3.63, 3.8) is 0 Å². The molecular formula is C13H22N2O2. The maximum absolute atomic E-state index is 10.4. The van der Waals surface area contributed by atoms with E-state index in [0.717, 1.165) is 31.4 Å². The molecule has 1 fully saturated rings. The lowest BCUT2D eigenvalue weighted by Crippen LogP contribution is -2.39. The fraction of sp³-hybridized carbons (Fsp3) is 0.769. The number of aromatic nitrogens is 1. The van der Waals surface area contributed by atoms with Gasteiger partial charge in [-0.05, 0) is 19.8 Å². The van der Waals surface area contributed by atoms with Gasteiger partial charge in [0, 0.05) is 6.54 Å². The lowest BCUT2D eigenvalue weighted by molar-refractivity contribution is 0.0246. The lowest BCUT2D eigenvalue weighted by atomic mass is 9.94. The number of aryl methyl sites for hydroxylation is 1. The number of aliphatic hydroxyl groups is 1. The summed E-state index contributed by atoms with van der Waals surface area (Å²) in [6, 6.07) is 0. The Bertz CT molecular complexity index is 341. The lowest BCUT2D eigenvalue weighted by Gasteiger charge is -2.26. The van der Waals surface area contributed by atoms with Crippen molar-refractivity contribution in [3.05, 3.63) is 17.8 Å². The van der Waals surface area contributed by atoms with Gasteiger partial charge in [-0.25, -0.2) is 4.98 Å². The molecular weight excluding hydrogens is 216 g/mol. The number of hydrogen-bond donors (Lipinski definition) is 2. The molecule has 1 saturated carbocycles. The molecule has 1 aromatic heterocycles. The van der Waals surface area contributed by atoms with Crippen LogP contribution in [0.2, 0.25) is 0 Å². The normalized spacial score (nSPS) is 20.1. The Hall–Kier alpha value is -0.870. The van der Waals surface area contributed by atoms with Crippen LogP contribution in [-0.4, -0.2) is 22.2 Å². The second-order valence-electron chi connectivity index (χ2n) is 5.11. The van der Waals surface area contributed by atoms with Crippen molar-refractivity contribution >= 4 is 0 Å². The maximum Gasteiger partial charge on any atom is 0.208 e. The van der Waals surface area contributed by atoms with Gasteiger partial charge in [-0.3, -0.25) is 0 Å². The number of rotatable bonds is 4. The van der Waals surface area contributed by atoms with Crippen LogP contribution >= 0.6 is 0 Å². The fourth-order valence-corrected chi connectivity index (χ4v) is 2.45. The minimum absolute atomic E-state index is 0.530. The van der Waals surface area contributed by atoms with Gasteiger partial charge in [0.2, 0.25) is 5.89 Å². The van der Waals surface area contributed by atoms with E-state index in [1.165, 1.54) is 12.8 Å². The molecule has 4 nitrogen and oxygen atoms in total. The summed E-state index contributed by atoms with van der Waals surface area (Å²) in [5.74, 6) is 1.52. The number of hydrogen-bond acceptors (Lipinski definition) is 4. The van der Waals surface area contributed by atoms with Crippen molar-refractivity contribution in [2.45, 2.75) is 57.6 Å². The first-order chi connectivity index (χ1) is 8.18. The fourth-order valence-electron chi connectivity index (χ4n) is 2.45. The minimum atomic E-state index is -0.530. The van der Waals surface area contributed by atoms with E-state index in [1.54, 1.807) is 6.20 Å². The van der Waals surface area contributed by atoms with Gasteiger partial charge >= 0.3 is 0 Å². The topological polar surface area (TPSA) is 58.3 Å². The Labute approximate surface area is 102 Å². The van der Waals surface area contributed by atoms with E-state index in [4.69, 9.17) is 4.42 Å². The molecule has 2 rings (SSSR count). The second kappa shape index (κ2) is 5.65. The summed E-state index contributed by atoms with van der Waals surface area (Å²) in [4.78, 5) is 4.13. The van der Waals surface area contributed by atoms with Gasteiger partial charge in [-0.15, -0.1) is 0 Å². The Morgan fingerprint density at radius 2 is 2.06 bits per heavy atom. The molecule has 0 aromatic carbocycles. The maximum atomic E-state index is 10.4. The van der Waals surface area contributed by atoms with Crippen molar-refractivity contribution in [1.82, 2.24) is 10.3 Å². The molecule has 1 aliphatic carbocycles. The number of nitrogens with zero attached hydrogens (tertiary/aromatic N) is 1. The van der Waals surface area contributed by atoms with Crippen LogP contribution in [0, 0.1) is 6.92 Å². The molecule has 1 aliphatic rings. The zero-order chi connectivity index (χ0) is 12.1. The molecule has 0 bridgehead atoms. The highest BCUT2D eigenvalue weighted by molar-refractivity contribution is 4.91. The van der Waals surface area contributed by atoms with E-state index in [0.29, 0.717) is 19.0 Å². The van der Waals surface area contributed by atoms with Crippen LogP contribution < -0.4 is 5.32 Å². The summed E-state index contributed by atoms with van der Waals surface area (Å²) in [6.07, 6.45) is 8.31. The summed E-state index contributed by atoms with van der Waals surface area (Å²) in [5, 5.41) is 13.7. The number of oxazole rings is 1. The molecule has 1 aromatic rings. The van der Waals surface area contributed by atoms with Crippen LogP contribution in [-0.2, 0) is 6.54 Å². The Morgan fingerprint density at radius 3 is 2.65 bits per heavy atom. The Morgan fingerprint density at radius 1 is 1.35 bits per heavy atom. The highest BCUT2D eigenvalue weighted by Gasteiger charge is 2.27. The van der Waals surface area contributed by atoms with Crippen molar-refractivity contribution in [1.29, 1.82) is 0 Å². The summed E-state index contributed by atoms with van der Waals surface area (Å²) < 4.78 is 5.38. The van der Waals surface area contributed by atoms with E-state index in [-0.39, 0.29) is 0 Å². The molecule has 0 radical (unpaired) electrons. The Balaban J connectivity index is 1.76. The third-order valence-electron chi connectivity index (χ3n) is 3.43. The molecule has 0 amide bonds. The standard InChI is InChI=1S/C13H22N2O2/c1-11-8-15-12(17-11)9-14-10-13(16)6-4-2-3-5-7-13/h8,14,16H,2-7,9-10H2,1H3. The van der Waals surface area contributed by atoms with Crippen LogP contribution in [0.15, 0.2) is 10.6 Å². The molecule has 0 unspecified atom stereocenters. The first-order valence-corrected chi connectivity index (χ1v) is 6.52. The smallest absolute Gasteiger partial charge is 0.208 e.